The molecule has 2 heterocycles. The molecule has 0 amide bonds. The third kappa shape index (κ3) is 2.77. The van der Waals surface area contributed by atoms with Crippen molar-refractivity contribution in [2.45, 2.75) is 13.0 Å². The Morgan fingerprint density at radius 3 is 2.91 bits per heavy atom. The van der Waals surface area contributed by atoms with E-state index in [0.29, 0.717) is 0 Å². The van der Waals surface area contributed by atoms with Gasteiger partial charge in [0.05, 0.1) is 19.8 Å². The molecule has 22 heavy (non-hydrogen) atoms. The number of hydrogen-bond donors (Lipinski definition) is 2. The molecular weight excluding hydrogens is 296 g/mol. The van der Waals surface area contributed by atoms with Crippen LogP contribution >= 0.6 is 11.3 Å². The van der Waals surface area contributed by atoms with Crippen LogP contribution in [0, 0.1) is 6.92 Å². The Balaban J connectivity index is 2.06. The van der Waals surface area contributed by atoms with E-state index in [4.69, 9.17) is 4.74 Å². The SMILES string of the molecule is COc1cccc2c(NC(CO)c3ccsc3)cc(C)nc12. The molecule has 0 spiro atoms. The molecule has 0 bridgehead atoms. The maximum absolute atomic E-state index is 9.70. The number of benzene rings is 1. The van der Waals surface area contributed by atoms with Crippen molar-refractivity contribution in [1.82, 2.24) is 4.98 Å². The van der Waals surface area contributed by atoms with E-state index >= 15 is 0 Å². The number of para-hydroxylation sites is 1. The van der Waals surface area contributed by atoms with Crippen LogP contribution in [0.1, 0.15) is 17.3 Å². The first-order valence-electron chi connectivity index (χ1n) is 7.06. The molecule has 3 rings (SSSR count). The fourth-order valence-corrected chi connectivity index (χ4v) is 3.24. The highest BCUT2D eigenvalue weighted by Gasteiger charge is 2.14. The molecule has 0 saturated carbocycles. The average Bonchev–Trinajstić information content (AvgIpc) is 3.06. The van der Waals surface area contributed by atoms with Crippen LogP contribution in [-0.2, 0) is 0 Å². The zero-order valence-corrected chi connectivity index (χ0v) is 13.4. The van der Waals surface area contributed by atoms with Gasteiger partial charge >= 0.3 is 0 Å². The number of fused-ring (bicyclic) bond motifs is 1. The minimum atomic E-state index is -0.137. The summed E-state index contributed by atoms with van der Waals surface area (Å²) >= 11 is 1.62. The molecule has 0 fully saturated rings. The van der Waals surface area contributed by atoms with Crippen molar-refractivity contribution in [2.75, 3.05) is 19.0 Å². The molecule has 1 aromatic carbocycles. The standard InChI is InChI=1S/C17H18N2O2S/c1-11-8-14(19-15(9-20)12-6-7-22-10-12)13-4-3-5-16(21-2)17(13)18-11/h3-8,10,15,20H,9H2,1-2H3,(H,18,19). The number of nitrogens with zero attached hydrogens (tertiary/aromatic N) is 1. The molecule has 0 aliphatic carbocycles. The molecule has 114 valence electrons. The van der Waals surface area contributed by atoms with Gasteiger partial charge in [0.2, 0.25) is 0 Å². The Kier molecular flexibility index (Phi) is 4.27. The van der Waals surface area contributed by atoms with E-state index in [2.05, 4.69) is 10.3 Å². The molecule has 2 aromatic heterocycles. The summed E-state index contributed by atoms with van der Waals surface area (Å²) in [6, 6.07) is 9.74. The molecular formula is C17H18N2O2S. The number of aliphatic hydroxyl groups is 1. The summed E-state index contributed by atoms with van der Waals surface area (Å²) in [5, 5.41) is 18.2. The van der Waals surface area contributed by atoms with Gasteiger partial charge in [-0.15, -0.1) is 0 Å². The highest BCUT2D eigenvalue weighted by atomic mass is 32.1. The van der Waals surface area contributed by atoms with Crippen LogP contribution in [0.15, 0.2) is 41.1 Å². The van der Waals surface area contributed by atoms with Crippen LogP contribution in [0.25, 0.3) is 10.9 Å². The molecule has 0 saturated heterocycles. The molecule has 0 aliphatic heterocycles. The van der Waals surface area contributed by atoms with Crippen LogP contribution in [0.4, 0.5) is 5.69 Å². The Hall–Kier alpha value is -2.11. The van der Waals surface area contributed by atoms with Crippen molar-refractivity contribution in [3.05, 3.63) is 52.3 Å². The summed E-state index contributed by atoms with van der Waals surface area (Å²) < 4.78 is 5.40. The van der Waals surface area contributed by atoms with Crippen LogP contribution in [-0.4, -0.2) is 23.8 Å². The second kappa shape index (κ2) is 6.34. The molecule has 0 aliphatic rings. The van der Waals surface area contributed by atoms with Gasteiger partial charge in [-0.3, -0.25) is 0 Å². The molecule has 4 nitrogen and oxygen atoms in total. The third-order valence-electron chi connectivity index (χ3n) is 3.61. The van der Waals surface area contributed by atoms with Gasteiger partial charge in [-0.1, -0.05) is 12.1 Å². The first-order chi connectivity index (χ1) is 10.7. The lowest BCUT2D eigenvalue weighted by Crippen LogP contribution is -2.14. The van der Waals surface area contributed by atoms with E-state index in [1.165, 1.54) is 0 Å². The van der Waals surface area contributed by atoms with Crippen molar-refractivity contribution < 1.29 is 9.84 Å². The number of ether oxygens (including phenoxy) is 1. The smallest absolute Gasteiger partial charge is 0.145 e. The molecule has 5 heteroatoms. The number of anilines is 1. The van der Waals surface area contributed by atoms with Gasteiger partial charge in [-0.05, 0) is 41.4 Å². The Bertz CT molecular complexity index is 772. The lowest BCUT2D eigenvalue weighted by Gasteiger charge is -2.19. The predicted octanol–water partition coefficient (Wildman–Crippen LogP) is 3.76. The molecule has 1 atom stereocenters. The molecule has 0 radical (unpaired) electrons. The first-order valence-corrected chi connectivity index (χ1v) is 8.01. The molecule has 3 aromatic rings. The topological polar surface area (TPSA) is 54.4 Å². The highest BCUT2D eigenvalue weighted by molar-refractivity contribution is 7.08. The van der Waals surface area contributed by atoms with Crippen molar-refractivity contribution in [3.63, 3.8) is 0 Å². The van der Waals surface area contributed by atoms with E-state index in [-0.39, 0.29) is 12.6 Å². The van der Waals surface area contributed by atoms with Gasteiger partial charge in [-0.25, -0.2) is 4.98 Å². The van der Waals surface area contributed by atoms with E-state index in [9.17, 15) is 5.11 Å². The Morgan fingerprint density at radius 2 is 2.23 bits per heavy atom. The van der Waals surface area contributed by atoms with Crippen molar-refractivity contribution >= 4 is 27.9 Å². The largest absolute Gasteiger partial charge is 0.494 e. The minimum absolute atomic E-state index is 0.0313. The number of pyridine rings is 1. The third-order valence-corrected chi connectivity index (χ3v) is 4.31. The fraction of sp³-hybridized carbons (Fsp3) is 0.235. The number of aryl methyl sites for hydroxylation is 1. The van der Waals surface area contributed by atoms with Gasteiger partial charge in [0.15, 0.2) is 0 Å². The van der Waals surface area contributed by atoms with Crippen LogP contribution < -0.4 is 10.1 Å². The Labute approximate surface area is 133 Å². The minimum Gasteiger partial charge on any atom is -0.494 e. The summed E-state index contributed by atoms with van der Waals surface area (Å²) in [7, 11) is 1.65. The predicted molar refractivity (Wildman–Crippen MR) is 90.8 cm³/mol. The number of methoxy groups -OCH3 is 1. The van der Waals surface area contributed by atoms with Gasteiger partial charge in [-0.2, -0.15) is 11.3 Å². The summed E-state index contributed by atoms with van der Waals surface area (Å²) in [5.74, 6) is 0.750. The van der Waals surface area contributed by atoms with E-state index in [0.717, 1.165) is 33.6 Å². The van der Waals surface area contributed by atoms with Gasteiger partial charge in [0, 0.05) is 16.8 Å². The zero-order chi connectivity index (χ0) is 15.5. The summed E-state index contributed by atoms with van der Waals surface area (Å²) in [6.45, 7) is 1.99. The van der Waals surface area contributed by atoms with Crippen LogP contribution in [0.2, 0.25) is 0 Å². The van der Waals surface area contributed by atoms with E-state index in [1.807, 2.05) is 48.0 Å². The van der Waals surface area contributed by atoms with Crippen molar-refractivity contribution in [2.24, 2.45) is 0 Å². The quantitative estimate of drug-likeness (QED) is 0.753. The maximum atomic E-state index is 9.70. The first kappa shape index (κ1) is 14.8. The summed E-state index contributed by atoms with van der Waals surface area (Å²) in [6.07, 6.45) is 0. The average molecular weight is 314 g/mol. The van der Waals surface area contributed by atoms with Gasteiger partial charge in [0.25, 0.3) is 0 Å². The van der Waals surface area contributed by atoms with Crippen LogP contribution in [0.5, 0.6) is 5.75 Å². The van der Waals surface area contributed by atoms with E-state index in [1.54, 1.807) is 18.4 Å². The number of aromatic nitrogens is 1. The normalized spacial score (nSPS) is 12.3. The number of rotatable bonds is 5. The zero-order valence-electron chi connectivity index (χ0n) is 12.5. The highest BCUT2D eigenvalue weighted by Crippen LogP contribution is 2.32. The number of hydrogen-bond acceptors (Lipinski definition) is 5. The van der Waals surface area contributed by atoms with Gasteiger partial charge in [0.1, 0.15) is 11.3 Å². The summed E-state index contributed by atoms with van der Waals surface area (Å²) in [5.41, 5.74) is 3.76. The monoisotopic (exact) mass is 314 g/mol. The van der Waals surface area contributed by atoms with Crippen LogP contribution in [0.3, 0.4) is 0 Å². The number of thiophene rings is 1. The van der Waals surface area contributed by atoms with Gasteiger partial charge < -0.3 is 15.2 Å². The molecule has 2 N–H and O–H groups in total. The number of nitrogens with one attached hydrogen (secondary N) is 1. The molecule has 1 unspecified atom stereocenters. The lowest BCUT2D eigenvalue weighted by molar-refractivity contribution is 0.276. The van der Waals surface area contributed by atoms with Crippen molar-refractivity contribution in [1.29, 1.82) is 0 Å². The maximum Gasteiger partial charge on any atom is 0.145 e. The fourth-order valence-electron chi connectivity index (χ4n) is 2.53. The second-order valence-electron chi connectivity index (χ2n) is 5.10. The lowest BCUT2D eigenvalue weighted by atomic mass is 10.1. The second-order valence-corrected chi connectivity index (χ2v) is 5.88. The summed E-state index contributed by atoms with van der Waals surface area (Å²) in [4.78, 5) is 4.58. The Morgan fingerprint density at radius 1 is 1.36 bits per heavy atom. The van der Waals surface area contributed by atoms with Crippen molar-refractivity contribution in [3.8, 4) is 5.75 Å². The number of aliphatic hydroxyl groups excluding tert-OH is 1. The van der Waals surface area contributed by atoms with E-state index < -0.39 is 0 Å².